The fourth-order valence-electron chi connectivity index (χ4n) is 2.32. The van der Waals surface area contributed by atoms with Gasteiger partial charge in [-0.15, -0.1) is 0 Å². The summed E-state index contributed by atoms with van der Waals surface area (Å²) < 4.78 is 11.8. The summed E-state index contributed by atoms with van der Waals surface area (Å²) in [6, 6.07) is 15.7. The van der Waals surface area contributed by atoms with Gasteiger partial charge in [0.25, 0.3) is 0 Å². The van der Waals surface area contributed by atoms with E-state index < -0.39 is 0 Å². The molecule has 0 aliphatic carbocycles. The second-order valence-electron chi connectivity index (χ2n) is 5.13. The van der Waals surface area contributed by atoms with E-state index in [0.717, 1.165) is 17.1 Å². The van der Waals surface area contributed by atoms with E-state index in [1.807, 2.05) is 50.2 Å². The van der Waals surface area contributed by atoms with Crippen LogP contribution in [0.5, 0.6) is 11.5 Å². The van der Waals surface area contributed by atoms with Crippen molar-refractivity contribution in [3.8, 4) is 11.5 Å². The number of aryl methyl sites for hydroxylation is 1. The highest BCUT2D eigenvalue weighted by molar-refractivity contribution is 5.40. The van der Waals surface area contributed by atoms with Crippen molar-refractivity contribution in [2.24, 2.45) is 5.73 Å². The molecule has 0 saturated heterocycles. The normalized spacial score (nSPS) is 13.5. The van der Waals surface area contributed by atoms with E-state index in [1.165, 1.54) is 5.56 Å². The lowest BCUT2D eigenvalue weighted by Gasteiger charge is -2.25. The van der Waals surface area contributed by atoms with Gasteiger partial charge in [-0.2, -0.15) is 0 Å². The summed E-state index contributed by atoms with van der Waals surface area (Å²) in [5, 5.41) is 0. The van der Waals surface area contributed by atoms with E-state index in [2.05, 4.69) is 19.1 Å². The van der Waals surface area contributed by atoms with E-state index in [-0.39, 0.29) is 12.1 Å². The molecule has 0 aliphatic rings. The Morgan fingerprint density at radius 2 is 1.62 bits per heavy atom. The fraction of sp³-hybridized carbons (Fsp3) is 0.333. The molecule has 3 heteroatoms. The molecule has 2 N–H and O–H groups in total. The van der Waals surface area contributed by atoms with Gasteiger partial charge in [0.05, 0.1) is 6.61 Å². The monoisotopic (exact) mass is 285 g/mol. The minimum atomic E-state index is -0.201. The number of para-hydroxylation sites is 2. The molecule has 2 atom stereocenters. The first-order valence-corrected chi connectivity index (χ1v) is 7.33. The molecule has 2 rings (SSSR count). The fourth-order valence-corrected chi connectivity index (χ4v) is 2.32. The Morgan fingerprint density at radius 1 is 1.00 bits per heavy atom. The quantitative estimate of drug-likeness (QED) is 0.876. The van der Waals surface area contributed by atoms with Gasteiger partial charge in [-0.1, -0.05) is 36.4 Å². The predicted molar refractivity (Wildman–Crippen MR) is 85.8 cm³/mol. The Kier molecular flexibility index (Phi) is 5.23. The zero-order valence-corrected chi connectivity index (χ0v) is 12.9. The molecular weight excluding hydrogens is 262 g/mol. The van der Waals surface area contributed by atoms with Crippen molar-refractivity contribution in [2.45, 2.75) is 32.9 Å². The number of rotatable bonds is 6. The van der Waals surface area contributed by atoms with Gasteiger partial charge < -0.3 is 15.2 Å². The molecule has 2 unspecified atom stereocenters. The van der Waals surface area contributed by atoms with Crippen molar-refractivity contribution >= 4 is 0 Å². The molecule has 0 spiro atoms. The van der Waals surface area contributed by atoms with Crippen LogP contribution in [0.15, 0.2) is 48.5 Å². The summed E-state index contributed by atoms with van der Waals surface area (Å²) in [7, 11) is 0. The number of hydrogen-bond donors (Lipinski definition) is 1. The molecule has 0 aliphatic heterocycles. The molecule has 0 fully saturated rings. The molecule has 0 aromatic heterocycles. The average Bonchev–Trinajstić information content (AvgIpc) is 2.47. The molecule has 0 radical (unpaired) electrons. The van der Waals surface area contributed by atoms with Crippen molar-refractivity contribution in [2.75, 3.05) is 6.61 Å². The highest BCUT2D eigenvalue weighted by Gasteiger charge is 2.21. The van der Waals surface area contributed by atoms with Crippen LogP contribution in [-0.2, 0) is 0 Å². The maximum atomic E-state index is 6.18. The number of nitrogens with two attached hydrogens (primary N) is 1. The molecule has 2 aromatic rings. The number of hydrogen-bond acceptors (Lipinski definition) is 3. The number of ether oxygens (including phenoxy) is 2. The molecule has 2 aromatic carbocycles. The summed E-state index contributed by atoms with van der Waals surface area (Å²) in [6.07, 6.45) is -0.201. The molecule has 0 amide bonds. The minimum Gasteiger partial charge on any atom is -0.490 e. The Labute approximate surface area is 126 Å². The Morgan fingerprint density at radius 3 is 2.24 bits per heavy atom. The first-order chi connectivity index (χ1) is 10.1. The third-order valence-electron chi connectivity index (χ3n) is 3.38. The molecule has 0 saturated carbocycles. The highest BCUT2D eigenvalue weighted by atomic mass is 16.5. The van der Waals surface area contributed by atoms with E-state index in [1.54, 1.807) is 0 Å². The third kappa shape index (κ3) is 3.76. The van der Waals surface area contributed by atoms with Crippen LogP contribution in [-0.4, -0.2) is 12.6 Å². The van der Waals surface area contributed by atoms with Crippen molar-refractivity contribution in [1.29, 1.82) is 0 Å². The predicted octanol–water partition coefficient (Wildman–Crippen LogP) is 3.86. The SMILES string of the molecule is CCOc1ccccc1OC(c1ccccc1C)C(C)N. The molecular formula is C18H23NO2. The van der Waals surface area contributed by atoms with Crippen LogP contribution in [0.1, 0.15) is 31.1 Å². The van der Waals surface area contributed by atoms with Crippen LogP contribution in [0.3, 0.4) is 0 Å². The van der Waals surface area contributed by atoms with E-state index >= 15 is 0 Å². The van der Waals surface area contributed by atoms with Crippen molar-refractivity contribution in [3.63, 3.8) is 0 Å². The smallest absolute Gasteiger partial charge is 0.162 e. The lowest BCUT2D eigenvalue weighted by Crippen LogP contribution is -2.29. The maximum Gasteiger partial charge on any atom is 0.162 e. The Hall–Kier alpha value is -2.00. The van der Waals surface area contributed by atoms with Crippen LogP contribution in [0.4, 0.5) is 0 Å². The molecule has 0 bridgehead atoms. The van der Waals surface area contributed by atoms with Gasteiger partial charge in [-0.25, -0.2) is 0 Å². The van der Waals surface area contributed by atoms with Gasteiger partial charge in [-0.05, 0) is 44.0 Å². The van der Waals surface area contributed by atoms with E-state index in [9.17, 15) is 0 Å². The zero-order valence-electron chi connectivity index (χ0n) is 12.9. The van der Waals surface area contributed by atoms with Crippen LogP contribution in [0.25, 0.3) is 0 Å². The lowest BCUT2D eigenvalue weighted by atomic mass is 9.99. The van der Waals surface area contributed by atoms with Gasteiger partial charge in [0.2, 0.25) is 0 Å². The van der Waals surface area contributed by atoms with Crippen molar-refractivity contribution in [3.05, 3.63) is 59.7 Å². The molecule has 3 nitrogen and oxygen atoms in total. The number of benzene rings is 2. The van der Waals surface area contributed by atoms with Crippen LogP contribution in [0.2, 0.25) is 0 Å². The standard InChI is InChI=1S/C18H23NO2/c1-4-20-16-11-7-8-12-17(16)21-18(14(3)19)15-10-6-5-9-13(15)2/h5-12,14,18H,4,19H2,1-3H3. The summed E-state index contributed by atoms with van der Waals surface area (Å²) in [4.78, 5) is 0. The Bertz CT molecular complexity index is 581. The summed E-state index contributed by atoms with van der Waals surface area (Å²) in [5.74, 6) is 1.48. The van der Waals surface area contributed by atoms with E-state index in [0.29, 0.717) is 6.61 Å². The topological polar surface area (TPSA) is 44.5 Å². The summed E-state index contributed by atoms with van der Waals surface area (Å²) in [5.41, 5.74) is 8.43. The zero-order chi connectivity index (χ0) is 15.2. The molecule has 21 heavy (non-hydrogen) atoms. The molecule has 0 heterocycles. The first-order valence-electron chi connectivity index (χ1n) is 7.33. The van der Waals surface area contributed by atoms with Gasteiger partial charge in [0.15, 0.2) is 11.5 Å². The second-order valence-corrected chi connectivity index (χ2v) is 5.13. The van der Waals surface area contributed by atoms with Crippen LogP contribution < -0.4 is 15.2 Å². The lowest BCUT2D eigenvalue weighted by molar-refractivity contribution is 0.170. The largest absolute Gasteiger partial charge is 0.490 e. The highest BCUT2D eigenvalue weighted by Crippen LogP contribution is 2.33. The minimum absolute atomic E-state index is 0.124. The van der Waals surface area contributed by atoms with Crippen molar-refractivity contribution in [1.82, 2.24) is 0 Å². The van der Waals surface area contributed by atoms with Crippen LogP contribution >= 0.6 is 0 Å². The summed E-state index contributed by atoms with van der Waals surface area (Å²) >= 11 is 0. The van der Waals surface area contributed by atoms with Crippen molar-refractivity contribution < 1.29 is 9.47 Å². The van der Waals surface area contributed by atoms with E-state index in [4.69, 9.17) is 15.2 Å². The van der Waals surface area contributed by atoms with Gasteiger partial charge in [0, 0.05) is 6.04 Å². The summed E-state index contributed by atoms with van der Waals surface area (Å²) in [6.45, 7) is 6.59. The van der Waals surface area contributed by atoms with Gasteiger partial charge in [0.1, 0.15) is 6.10 Å². The van der Waals surface area contributed by atoms with Gasteiger partial charge >= 0.3 is 0 Å². The first kappa shape index (κ1) is 15.4. The van der Waals surface area contributed by atoms with Gasteiger partial charge in [-0.3, -0.25) is 0 Å². The molecule has 112 valence electrons. The average molecular weight is 285 g/mol. The maximum absolute atomic E-state index is 6.18. The Balaban J connectivity index is 2.32. The third-order valence-corrected chi connectivity index (χ3v) is 3.38. The second kappa shape index (κ2) is 7.14. The van der Waals surface area contributed by atoms with Crippen LogP contribution in [0, 0.1) is 6.92 Å².